The van der Waals surface area contributed by atoms with Gasteiger partial charge in [0.15, 0.2) is 5.76 Å². The van der Waals surface area contributed by atoms with Gasteiger partial charge in [0.25, 0.3) is 11.8 Å². The fourth-order valence-corrected chi connectivity index (χ4v) is 2.47. The van der Waals surface area contributed by atoms with Crippen LogP contribution >= 0.6 is 0 Å². The van der Waals surface area contributed by atoms with Crippen LogP contribution in [0.25, 0.3) is 0 Å². The van der Waals surface area contributed by atoms with Crippen molar-refractivity contribution in [1.29, 1.82) is 5.26 Å². The molecule has 6 heteroatoms. The first kappa shape index (κ1) is 18.0. The molecule has 2 N–H and O–H groups in total. The van der Waals surface area contributed by atoms with E-state index in [9.17, 15) is 9.59 Å². The van der Waals surface area contributed by atoms with E-state index in [0.717, 1.165) is 11.1 Å². The van der Waals surface area contributed by atoms with Gasteiger partial charge in [0.1, 0.15) is 0 Å². The van der Waals surface area contributed by atoms with Gasteiger partial charge in [-0.15, -0.1) is 0 Å². The molecule has 0 radical (unpaired) electrons. The normalized spacial score (nSPS) is 10.1. The molecule has 2 amide bonds. The lowest BCUT2D eigenvalue weighted by atomic mass is 10.1. The lowest BCUT2D eigenvalue weighted by Crippen LogP contribution is -2.23. The first-order valence-corrected chi connectivity index (χ1v) is 8.29. The van der Waals surface area contributed by atoms with Crippen LogP contribution in [0.5, 0.6) is 0 Å². The number of rotatable bonds is 5. The van der Waals surface area contributed by atoms with Gasteiger partial charge in [-0.3, -0.25) is 9.59 Å². The van der Waals surface area contributed by atoms with E-state index in [0.29, 0.717) is 23.4 Å². The second-order valence-corrected chi connectivity index (χ2v) is 5.95. The van der Waals surface area contributed by atoms with Crippen molar-refractivity contribution in [2.24, 2.45) is 0 Å². The van der Waals surface area contributed by atoms with Crippen molar-refractivity contribution >= 4 is 17.5 Å². The number of amides is 2. The summed E-state index contributed by atoms with van der Waals surface area (Å²) in [5, 5.41) is 14.4. The molecule has 3 aromatic rings. The van der Waals surface area contributed by atoms with E-state index in [2.05, 4.69) is 16.7 Å². The van der Waals surface area contributed by atoms with Gasteiger partial charge in [0.2, 0.25) is 0 Å². The molecule has 0 aliphatic carbocycles. The molecule has 2 aromatic carbocycles. The van der Waals surface area contributed by atoms with Crippen LogP contribution in [0.2, 0.25) is 0 Å². The Hall–Kier alpha value is -3.85. The number of nitrogens with zero attached hydrogens (tertiary/aromatic N) is 1. The molecule has 0 fully saturated rings. The molecule has 0 aliphatic rings. The maximum absolute atomic E-state index is 12.4. The molecule has 134 valence electrons. The average Bonchev–Trinajstić information content (AvgIpc) is 3.23. The summed E-state index contributed by atoms with van der Waals surface area (Å²) in [6, 6.07) is 17.4. The zero-order chi connectivity index (χ0) is 19.2. The Kier molecular flexibility index (Phi) is 5.33. The van der Waals surface area contributed by atoms with Crippen molar-refractivity contribution in [3.05, 3.63) is 88.9 Å². The summed E-state index contributed by atoms with van der Waals surface area (Å²) in [6.45, 7) is 2.18. The molecule has 1 heterocycles. The topological polar surface area (TPSA) is 95.1 Å². The third kappa shape index (κ3) is 4.41. The number of aryl methyl sites for hydroxylation is 1. The Morgan fingerprint density at radius 3 is 2.52 bits per heavy atom. The fourth-order valence-electron chi connectivity index (χ4n) is 2.47. The summed E-state index contributed by atoms with van der Waals surface area (Å²) in [4.78, 5) is 24.6. The van der Waals surface area contributed by atoms with Crippen molar-refractivity contribution < 1.29 is 14.0 Å². The molecule has 0 unspecified atom stereocenters. The van der Waals surface area contributed by atoms with Gasteiger partial charge in [0, 0.05) is 17.8 Å². The molecule has 0 saturated carbocycles. The number of benzene rings is 2. The van der Waals surface area contributed by atoms with Gasteiger partial charge in [-0.2, -0.15) is 5.26 Å². The first-order valence-electron chi connectivity index (χ1n) is 8.29. The van der Waals surface area contributed by atoms with Crippen LogP contribution in [0.1, 0.15) is 37.6 Å². The quantitative estimate of drug-likeness (QED) is 0.727. The number of carbonyl (C=O) groups is 2. The van der Waals surface area contributed by atoms with Crippen LogP contribution in [-0.4, -0.2) is 11.8 Å². The van der Waals surface area contributed by atoms with E-state index < -0.39 is 0 Å². The number of hydrogen-bond acceptors (Lipinski definition) is 4. The molecule has 0 aliphatic heterocycles. The molecule has 6 nitrogen and oxygen atoms in total. The summed E-state index contributed by atoms with van der Waals surface area (Å²) in [5.74, 6) is -0.434. The number of nitrogens with one attached hydrogen (secondary N) is 2. The summed E-state index contributed by atoms with van der Waals surface area (Å²) < 4.78 is 5.08. The third-order valence-electron chi connectivity index (χ3n) is 4.03. The Morgan fingerprint density at radius 1 is 1.07 bits per heavy atom. The van der Waals surface area contributed by atoms with E-state index in [1.54, 1.807) is 54.6 Å². The lowest BCUT2D eigenvalue weighted by Gasteiger charge is -2.10. The predicted octanol–water partition coefficient (Wildman–Crippen LogP) is 3.64. The SMILES string of the molecule is Cc1ccc(C(=O)NCc2ccc(C#N)cc2)cc1NC(=O)c1ccco1. The molecule has 3 rings (SSSR count). The largest absolute Gasteiger partial charge is 0.459 e. The third-order valence-corrected chi connectivity index (χ3v) is 4.03. The van der Waals surface area contributed by atoms with Crippen LogP contribution in [0.4, 0.5) is 5.69 Å². The maximum atomic E-state index is 12.4. The minimum atomic E-state index is -0.377. The Labute approximate surface area is 156 Å². The second kappa shape index (κ2) is 8.02. The van der Waals surface area contributed by atoms with Gasteiger partial charge in [0.05, 0.1) is 17.9 Å². The predicted molar refractivity (Wildman–Crippen MR) is 100 cm³/mol. The van der Waals surface area contributed by atoms with Gasteiger partial charge in [-0.1, -0.05) is 18.2 Å². The number of hydrogen-bond donors (Lipinski definition) is 2. The highest BCUT2D eigenvalue weighted by molar-refractivity contribution is 6.03. The van der Waals surface area contributed by atoms with Crippen LogP contribution < -0.4 is 10.6 Å². The van der Waals surface area contributed by atoms with E-state index in [1.165, 1.54) is 6.26 Å². The highest BCUT2D eigenvalue weighted by Crippen LogP contribution is 2.18. The van der Waals surface area contributed by atoms with E-state index in [4.69, 9.17) is 9.68 Å². The summed E-state index contributed by atoms with van der Waals surface area (Å²) in [5.41, 5.74) is 3.27. The van der Waals surface area contributed by atoms with Gasteiger partial charge >= 0.3 is 0 Å². The van der Waals surface area contributed by atoms with Crippen molar-refractivity contribution in [1.82, 2.24) is 5.32 Å². The second-order valence-electron chi connectivity index (χ2n) is 5.95. The standard InChI is InChI=1S/C21H17N3O3/c1-14-4-9-17(11-18(14)24-21(26)19-3-2-10-27-19)20(25)23-13-16-7-5-15(12-22)6-8-16/h2-11H,13H2,1H3,(H,23,25)(H,24,26). The van der Waals surface area contributed by atoms with Crippen molar-refractivity contribution in [2.45, 2.75) is 13.5 Å². The monoisotopic (exact) mass is 359 g/mol. The molecule has 1 aromatic heterocycles. The highest BCUT2D eigenvalue weighted by Gasteiger charge is 2.13. The molecule has 0 atom stereocenters. The van der Waals surface area contributed by atoms with Crippen LogP contribution in [0, 0.1) is 18.3 Å². The van der Waals surface area contributed by atoms with Crippen LogP contribution in [0.15, 0.2) is 65.3 Å². The molecular formula is C21H17N3O3. The minimum absolute atomic E-state index is 0.199. The summed E-state index contributed by atoms with van der Waals surface area (Å²) >= 11 is 0. The molecule has 0 bridgehead atoms. The fraction of sp³-hybridized carbons (Fsp3) is 0.0952. The lowest BCUT2D eigenvalue weighted by molar-refractivity contribution is 0.0949. The summed E-state index contributed by atoms with van der Waals surface area (Å²) in [6.07, 6.45) is 1.43. The van der Waals surface area contributed by atoms with Gasteiger partial charge in [-0.05, 0) is 54.4 Å². The maximum Gasteiger partial charge on any atom is 0.291 e. The van der Waals surface area contributed by atoms with Gasteiger partial charge in [-0.25, -0.2) is 0 Å². The number of furan rings is 1. The number of anilines is 1. The van der Waals surface area contributed by atoms with Crippen molar-refractivity contribution in [3.8, 4) is 6.07 Å². The Balaban J connectivity index is 1.67. The zero-order valence-corrected chi connectivity index (χ0v) is 14.7. The van der Waals surface area contributed by atoms with Gasteiger partial charge < -0.3 is 15.1 Å². The minimum Gasteiger partial charge on any atom is -0.459 e. The first-order chi connectivity index (χ1) is 13.1. The highest BCUT2D eigenvalue weighted by atomic mass is 16.3. The van der Waals surface area contributed by atoms with Crippen LogP contribution in [-0.2, 0) is 6.54 Å². The molecule has 0 saturated heterocycles. The Bertz CT molecular complexity index is 1000. The molecule has 27 heavy (non-hydrogen) atoms. The zero-order valence-electron chi connectivity index (χ0n) is 14.7. The number of carbonyl (C=O) groups excluding carboxylic acids is 2. The Morgan fingerprint density at radius 2 is 1.85 bits per heavy atom. The average molecular weight is 359 g/mol. The van der Waals surface area contributed by atoms with E-state index in [1.807, 2.05) is 6.92 Å². The molecule has 0 spiro atoms. The smallest absolute Gasteiger partial charge is 0.291 e. The van der Waals surface area contributed by atoms with Crippen molar-refractivity contribution in [3.63, 3.8) is 0 Å². The number of nitriles is 1. The summed E-state index contributed by atoms with van der Waals surface area (Å²) in [7, 11) is 0. The van der Waals surface area contributed by atoms with Crippen molar-refractivity contribution in [2.75, 3.05) is 5.32 Å². The molecular weight excluding hydrogens is 342 g/mol. The van der Waals surface area contributed by atoms with E-state index >= 15 is 0 Å². The van der Waals surface area contributed by atoms with E-state index in [-0.39, 0.29) is 17.6 Å². The van der Waals surface area contributed by atoms with Crippen LogP contribution in [0.3, 0.4) is 0 Å².